The molecule has 0 spiro atoms. The molecule has 0 aromatic heterocycles. The highest BCUT2D eigenvalue weighted by Crippen LogP contribution is 2.57. The summed E-state index contributed by atoms with van der Waals surface area (Å²) >= 11 is 0. The van der Waals surface area contributed by atoms with Gasteiger partial charge in [-0.1, -0.05) is 65.2 Å². The first-order valence-electron chi connectivity index (χ1n) is 8.38. The molecule has 2 fully saturated rings. The van der Waals surface area contributed by atoms with Gasteiger partial charge in [0.2, 0.25) is 0 Å². The fraction of sp³-hybridized carbons (Fsp3) is 1.00. The molecular weight excluding hydrogens is 220 g/mol. The minimum absolute atomic E-state index is 0.0181. The summed E-state index contributed by atoms with van der Waals surface area (Å²) in [6, 6.07) is 0. The second kappa shape index (κ2) is 6.41. The van der Waals surface area contributed by atoms with E-state index in [1.165, 1.54) is 64.2 Å². The lowest BCUT2D eigenvalue weighted by molar-refractivity contribution is -0.178. The molecule has 2 rings (SSSR count). The Kier molecular flexibility index (Phi) is 5.12. The summed E-state index contributed by atoms with van der Waals surface area (Å²) in [4.78, 5) is 0. The zero-order chi connectivity index (χ0) is 13.0. The molecule has 0 aromatic carbocycles. The number of fused-ring (bicyclic) bond motifs is 1. The van der Waals surface area contributed by atoms with Crippen molar-refractivity contribution in [1.82, 2.24) is 0 Å². The van der Waals surface area contributed by atoms with Crippen LogP contribution < -0.4 is 0 Å². The molecule has 0 aliphatic heterocycles. The second-order valence-corrected chi connectivity index (χ2v) is 6.98. The van der Waals surface area contributed by atoms with E-state index >= 15 is 0 Å². The Morgan fingerprint density at radius 1 is 0.889 bits per heavy atom. The molecule has 0 aromatic rings. The molecule has 4 unspecified atom stereocenters. The monoisotopic (exact) mass is 252 g/mol. The van der Waals surface area contributed by atoms with Crippen LogP contribution in [0.15, 0.2) is 0 Å². The van der Waals surface area contributed by atoms with Gasteiger partial charge < -0.3 is 5.11 Å². The number of rotatable bonds is 1. The third-order valence-corrected chi connectivity index (χ3v) is 6.01. The first-order valence-corrected chi connectivity index (χ1v) is 8.38. The second-order valence-electron chi connectivity index (χ2n) is 6.98. The quantitative estimate of drug-likeness (QED) is 0.702. The van der Waals surface area contributed by atoms with Gasteiger partial charge in [0.05, 0.1) is 6.10 Å². The van der Waals surface area contributed by atoms with Gasteiger partial charge in [-0.15, -0.1) is 0 Å². The van der Waals surface area contributed by atoms with Crippen molar-refractivity contribution in [3.8, 4) is 0 Å². The summed E-state index contributed by atoms with van der Waals surface area (Å²) < 4.78 is 0. The average Bonchev–Trinajstić information content (AvgIpc) is 2.38. The zero-order valence-corrected chi connectivity index (χ0v) is 12.5. The van der Waals surface area contributed by atoms with Crippen LogP contribution in [0.2, 0.25) is 0 Å². The largest absolute Gasteiger partial charge is 0.392 e. The van der Waals surface area contributed by atoms with Crippen LogP contribution in [0, 0.1) is 17.3 Å². The molecule has 4 atom stereocenters. The molecule has 1 heteroatoms. The molecular formula is C17H32O. The lowest BCUT2D eigenvalue weighted by atomic mass is 9.49. The van der Waals surface area contributed by atoms with Crippen molar-refractivity contribution in [2.45, 2.75) is 90.6 Å². The van der Waals surface area contributed by atoms with E-state index in [1.807, 2.05) is 0 Å². The summed E-state index contributed by atoms with van der Waals surface area (Å²) in [7, 11) is 0. The molecule has 18 heavy (non-hydrogen) atoms. The van der Waals surface area contributed by atoms with E-state index in [0.29, 0.717) is 5.92 Å². The predicted molar refractivity (Wildman–Crippen MR) is 77.6 cm³/mol. The Hall–Kier alpha value is -0.0400. The molecule has 1 N–H and O–H groups in total. The Labute approximate surface area is 113 Å². The van der Waals surface area contributed by atoms with Crippen molar-refractivity contribution in [2.75, 3.05) is 0 Å². The normalized spacial score (nSPS) is 43.2. The van der Waals surface area contributed by atoms with Crippen molar-refractivity contribution in [1.29, 1.82) is 0 Å². The van der Waals surface area contributed by atoms with E-state index in [-0.39, 0.29) is 11.5 Å². The molecule has 0 radical (unpaired) electrons. The third kappa shape index (κ3) is 2.76. The van der Waals surface area contributed by atoms with Crippen molar-refractivity contribution < 1.29 is 5.11 Å². The fourth-order valence-corrected chi connectivity index (χ4v) is 4.48. The summed E-state index contributed by atoms with van der Waals surface area (Å²) in [5.41, 5.74) is 0.231. The smallest absolute Gasteiger partial charge is 0.0627 e. The van der Waals surface area contributed by atoms with Crippen molar-refractivity contribution in [2.24, 2.45) is 17.3 Å². The van der Waals surface area contributed by atoms with Crippen molar-refractivity contribution >= 4 is 0 Å². The van der Waals surface area contributed by atoms with Crippen LogP contribution in [0.3, 0.4) is 0 Å². The van der Waals surface area contributed by atoms with E-state index < -0.39 is 0 Å². The van der Waals surface area contributed by atoms with Gasteiger partial charge >= 0.3 is 0 Å². The highest BCUT2D eigenvalue weighted by molar-refractivity contribution is 5.04. The summed E-state index contributed by atoms with van der Waals surface area (Å²) in [5.74, 6) is 1.42. The van der Waals surface area contributed by atoms with E-state index in [1.54, 1.807) is 0 Å². The Morgan fingerprint density at radius 2 is 1.39 bits per heavy atom. The minimum atomic E-state index is -0.0181. The SMILES string of the molecule is CCC1(C)C(O)C2CCCCCCCCCCC21. The van der Waals surface area contributed by atoms with Crippen LogP contribution >= 0.6 is 0 Å². The van der Waals surface area contributed by atoms with E-state index in [9.17, 15) is 5.11 Å². The van der Waals surface area contributed by atoms with Gasteiger partial charge in [0.15, 0.2) is 0 Å². The van der Waals surface area contributed by atoms with E-state index in [0.717, 1.165) is 12.3 Å². The van der Waals surface area contributed by atoms with Crippen LogP contribution in [-0.2, 0) is 0 Å². The molecule has 0 saturated heterocycles. The number of hydrogen-bond acceptors (Lipinski definition) is 1. The third-order valence-electron chi connectivity index (χ3n) is 6.01. The molecule has 0 heterocycles. The first-order chi connectivity index (χ1) is 8.70. The Bertz CT molecular complexity index is 250. The summed E-state index contributed by atoms with van der Waals surface area (Å²) in [6.45, 7) is 4.58. The molecule has 0 bridgehead atoms. The van der Waals surface area contributed by atoms with Crippen molar-refractivity contribution in [3.05, 3.63) is 0 Å². The van der Waals surface area contributed by atoms with Gasteiger partial charge in [-0.25, -0.2) is 0 Å². The first kappa shape index (κ1) is 14.4. The molecule has 2 saturated carbocycles. The van der Waals surface area contributed by atoms with E-state index in [4.69, 9.17) is 0 Å². The van der Waals surface area contributed by atoms with Gasteiger partial charge in [-0.05, 0) is 36.5 Å². The highest BCUT2D eigenvalue weighted by atomic mass is 16.3. The van der Waals surface area contributed by atoms with Gasteiger partial charge in [0.25, 0.3) is 0 Å². The zero-order valence-electron chi connectivity index (χ0n) is 12.5. The Morgan fingerprint density at radius 3 is 1.94 bits per heavy atom. The molecule has 1 nitrogen and oxygen atoms in total. The predicted octanol–water partition coefficient (Wildman–Crippen LogP) is 4.92. The van der Waals surface area contributed by atoms with Crippen LogP contribution in [0.4, 0.5) is 0 Å². The molecule has 0 amide bonds. The minimum Gasteiger partial charge on any atom is -0.392 e. The van der Waals surface area contributed by atoms with Crippen LogP contribution in [0.25, 0.3) is 0 Å². The topological polar surface area (TPSA) is 20.2 Å². The highest BCUT2D eigenvalue weighted by Gasteiger charge is 2.55. The Balaban J connectivity index is 1.94. The van der Waals surface area contributed by atoms with Crippen molar-refractivity contribution in [3.63, 3.8) is 0 Å². The maximum Gasteiger partial charge on any atom is 0.0627 e. The lowest BCUT2D eigenvalue weighted by Gasteiger charge is -2.58. The number of aliphatic hydroxyl groups is 1. The molecule has 106 valence electrons. The maximum absolute atomic E-state index is 10.5. The summed E-state index contributed by atoms with van der Waals surface area (Å²) in [6.07, 6.45) is 15.0. The number of hydrogen-bond donors (Lipinski definition) is 1. The average molecular weight is 252 g/mol. The lowest BCUT2D eigenvalue weighted by Crippen LogP contribution is -2.58. The fourth-order valence-electron chi connectivity index (χ4n) is 4.48. The summed E-state index contributed by atoms with van der Waals surface area (Å²) in [5, 5.41) is 10.5. The maximum atomic E-state index is 10.5. The van der Waals surface area contributed by atoms with E-state index in [2.05, 4.69) is 13.8 Å². The molecule has 2 aliphatic carbocycles. The van der Waals surface area contributed by atoms with Gasteiger partial charge in [-0.3, -0.25) is 0 Å². The van der Waals surface area contributed by atoms with Crippen LogP contribution in [-0.4, -0.2) is 11.2 Å². The number of aliphatic hydroxyl groups excluding tert-OH is 1. The van der Waals surface area contributed by atoms with Crippen LogP contribution in [0.5, 0.6) is 0 Å². The van der Waals surface area contributed by atoms with Crippen LogP contribution in [0.1, 0.15) is 84.5 Å². The van der Waals surface area contributed by atoms with Gasteiger partial charge in [0, 0.05) is 0 Å². The van der Waals surface area contributed by atoms with Gasteiger partial charge in [0.1, 0.15) is 0 Å². The standard InChI is InChI=1S/C17H32O/c1-3-17(2)15-13-11-9-7-5-4-6-8-10-12-14(15)16(17)18/h14-16,18H,3-13H2,1-2H3. The van der Waals surface area contributed by atoms with Gasteiger partial charge in [-0.2, -0.15) is 0 Å². The molecule has 2 aliphatic rings.